The molecule has 146 valence electrons. The van der Waals surface area contributed by atoms with Crippen molar-refractivity contribution in [1.82, 2.24) is 14.8 Å². The largest absolute Gasteiger partial charge is 0.381 e. The van der Waals surface area contributed by atoms with Crippen LogP contribution in [0.5, 0.6) is 0 Å². The molecule has 1 N–H and O–H groups in total. The fourth-order valence-electron chi connectivity index (χ4n) is 3.99. The minimum absolute atomic E-state index is 0.0295. The molecule has 6 nitrogen and oxygen atoms in total. The van der Waals surface area contributed by atoms with E-state index in [1.54, 1.807) is 6.07 Å². The van der Waals surface area contributed by atoms with Crippen LogP contribution in [0.3, 0.4) is 0 Å². The van der Waals surface area contributed by atoms with Crippen LogP contribution in [0.25, 0.3) is 10.9 Å². The number of carbonyl (C=O) groups excluding carboxylic acids is 1. The predicted molar refractivity (Wildman–Crippen MR) is 106 cm³/mol. The summed E-state index contributed by atoms with van der Waals surface area (Å²) in [7, 11) is 0. The average Bonchev–Trinajstić information content (AvgIpc) is 3.27. The van der Waals surface area contributed by atoms with Crippen LogP contribution < -0.4 is 5.32 Å². The molecule has 2 aliphatic heterocycles. The number of carbonyl (C=O) groups is 1. The molecule has 0 radical (unpaired) electrons. The van der Waals surface area contributed by atoms with Gasteiger partial charge in [0.15, 0.2) is 0 Å². The lowest BCUT2D eigenvalue weighted by Crippen LogP contribution is -2.42. The van der Waals surface area contributed by atoms with Gasteiger partial charge in [0.25, 0.3) is 0 Å². The molecule has 2 saturated heterocycles. The molecule has 0 aliphatic carbocycles. The van der Waals surface area contributed by atoms with Gasteiger partial charge >= 0.3 is 0 Å². The fraction of sp³-hybridized carbons (Fsp3) is 0.450. The Labute approximate surface area is 167 Å². The van der Waals surface area contributed by atoms with E-state index in [2.05, 4.69) is 15.2 Å². The van der Waals surface area contributed by atoms with Crippen molar-refractivity contribution in [2.45, 2.75) is 31.1 Å². The number of pyridine rings is 1. The van der Waals surface area contributed by atoms with Gasteiger partial charge in [-0.2, -0.15) is 5.26 Å². The number of amides is 1. The number of nitrogens with zero attached hydrogens (tertiary/aromatic N) is 4. The lowest BCUT2D eigenvalue weighted by molar-refractivity contribution is -0.132. The Bertz CT molecular complexity index is 932. The molecular weight excluding hydrogens is 381 g/mol. The minimum Gasteiger partial charge on any atom is -0.381 e. The molecule has 1 aromatic carbocycles. The van der Waals surface area contributed by atoms with Gasteiger partial charge < -0.3 is 10.2 Å². The van der Waals surface area contributed by atoms with Crippen LogP contribution in [-0.4, -0.2) is 65.1 Å². The van der Waals surface area contributed by atoms with E-state index in [0.717, 1.165) is 36.1 Å². The van der Waals surface area contributed by atoms with Gasteiger partial charge in [0, 0.05) is 36.6 Å². The standard InChI is InChI=1S/C20H21ClFN5O/c21-19-4-1-13-7-15(2-3-18(13)25-19)24-16-5-6-26(11-16)12-20(28)27-10-14(22)8-17(27)9-23/h1-4,7,14,16-17,24H,5-6,8,10-12H2/t14-,16+,17-/m0/s1. The maximum absolute atomic E-state index is 13.5. The van der Waals surface area contributed by atoms with Crippen LogP contribution in [0.4, 0.5) is 10.1 Å². The van der Waals surface area contributed by atoms with Crippen LogP contribution in [0.15, 0.2) is 30.3 Å². The topological polar surface area (TPSA) is 72.3 Å². The molecule has 0 spiro atoms. The van der Waals surface area contributed by atoms with Crippen LogP contribution >= 0.6 is 11.6 Å². The molecule has 2 aliphatic rings. The summed E-state index contributed by atoms with van der Waals surface area (Å²) < 4.78 is 13.5. The second-order valence-corrected chi connectivity index (χ2v) is 7.82. The first kappa shape index (κ1) is 18.9. The molecular formula is C20H21ClFN5O. The van der Waals surface area contributed by atoms with E-state index in [0.29, 0.717) is 5.15 Å². The Morgan fingerprint density at radius 2 is 2.21 bits per heavy atom. The normalized spacial score (nSPS) is 25.2. The third kappa shape index (κ3) is 4.03. The highest BCUT2D eigenvalue weighted by Crippen LogP contribution is 2.23. The van der Waals surface area contributed by atoms with E-state index in [1.165, 1.54) is 4.90 Å². The van der Waals surface area contributed by atoms with Gasteiger partial charge in [-0.25, -0.2) is 9.37 Å². The third-order valence-corrected chi connectivity index (χ3v) is 5.59. The van der Waals surface area contributed by atoms with Crippen molar-refractivity contribution < 1.29 is 9.18 Å². The van der Waals surface area contributed by atoms with Gasteiger partial charge in [0.05, 0.1) is 24.7 Å². The predicted octanol–water partition coefficient (Wildman–Crippen LogP) is 2.84. The van der Waals surface area contributed by atoms with E-state index in [1.807, 2.05) is 30.3 Å². The van der Waals surface area contributed by atoms with Gasteiger partial charge in [0.1, 0.15) is 17.4 Å². The molecule has 28 heavy (non-hydrogen) atoms. The van der Waals surface area contributed by atoms with E-state index in [9.17, 15) is 9.18 Å². The van der Waals surface area contributed by atoms with Crippen molar-refractivity contribution in [3.05, 3.63) is 35.5 Å². The van der Waals surface area contributed by atoms with Gasteiger partial charge in [-0.15, -0.1) is 0 Å². The number of aromatic nitrogens is 1. The Morgan fingerprint density at radius 3 is 3.04 bits per heavy atom. The fourth-order valence-corrected chi connectivity index (χ4v) is 4.14. The molecule has 0 saturated carbocycles. The number of hydrogen-bond acceptors (Lipinski definition) is 5. The average molecular weight is 402 g/mol. The molecule has 2 aromatic rings. The lowest BCUT2D eigenvalue weighted by Gasteiger charge is -2.23. The summed E-state index contributed by atoms with van der Waals surface area (Å²) in [6, 6.07) is 11.3. The summed E-state index contributed by atoms with van der Waals surface area (Å²) in [6.07, 6.45) is -0.0645. The van der Waals surface area contributed by atoms with Gasteiger partial charge in [-0.3, -0.25) is 9.69 Å². The van der Waals surface area contributed by atoms with Crippen molar-refractivity contribution in [2.75, 3.05) is 31.5 Å². The Hall–Kier alpha value is -2.43. The zero-order chi connectivity index (χ0) is 19.7. The molecule has 1 amide bonds. The quantitative estimate of drug-likeness (QED) is 0.797. The van der Waals surface area contributed by atoms with Crippen LogP contribution in [-0.2, 0) is 4.79 Å². The summed E-state index contributed by atoms with van der Waals surface area (Å²) in [5.74, 6) is -0.166. The number of hydrogen-bond donors (Lipinski definition) is 1. The number of likely N-dealkylation sites (tertiary alicyclic amines) is 2. The van der Waals surface area contributed by atoms with Crippen molar-refractivity contribution in [3.8, 4) is 6.07 Å². The first-order valence-electron chi connectivity index (χ1n) is 9.40. The Morgan fingerprint density at radius 1 is 1.36 bits per heavy atom. The smallest absolute Gasteiger partial charge is 0.237 e. The lowest BCUT2D eigenvalue weighted by atomic mass is 10.2. The summed E-state index contributed by atoms with van der Waals surface area (Å²) in [6.45, 7) is 1.77. The molecule has 0 unspecified atom stereocenters. The van der Waals surface area contributed by atoms with E-state index < -0.39 is 12.2 Å². The van der Waals surface area contributed by atoms with E-state index >= 15 is 0 Å². The number of rotatable bonds is 4. The van der Waals surface area contributed by atoms with Crippen LogP contribution in [0, 0.1) is 11.3 Å². The Balaban J connectivity index is 1.34. The van der Waals surface area contributed by atoms with Crippen LogP contribution in [0.2, 0.25) is 5.15 Å². The van der Waals surface area contributed by atoms with Crippen molar-refractivity contribution >= 4 is 34.1 Å². The minimum atomic E-state index is -1.10. The first-order chi connectivity index (χ1) is 13.5. The molecule has 3 heterocycles. The Kier molecular flexibility index (Phi) is 5.33. The number of halogens is 2. The molecule has 8 heteroatoms. The maximum atomic E-state index is 13.5. The van der Waals surface area contributed by atoms with Crippen molar-refractivity contribution in [3.63, 3.8) is 0 Å². The molecule has 4 rings (SSSR count). The molecule has 0 bridgehead atoms. The highest BCUT2D eigenvalue weighted by atomic mass is 35.5. The number of nitrogens with one attached hydrogen (secondary N) is 1. The van der Waals surface area contributed by atoms with Crippen molar-refractivity contribution in [1.29, 1.82) is 5.26 Å². The molecule has 2 fully saturated rings. The highest BCUT2D eigenvalue weighted by molar-refractivity contribution is 6.29. The number of nitriles is 1. The maximum Gasteiger partial charge on any atom is 0.237 e. The number of alkyl halides is 1. The molecule has 3 atom stereocenters. The van der Waals surface area contributed by atoms with E-state index in [-0.39, 0.29) is 31.5 Å². The zero-order valence-corrected chi connectivity index (χ0v) is 16.1. The number of benzene rings is 1. The first-order valence-corrected chi connectivity index (χ1v) is 9.78. The zero-order valence-electron chi connectivity index (χ0n) is 15.3. The second kappa shape index (κ2) is 7.90. The summed E-state index contributed by atoms with van der Waals surface area (Å²) in [5.41, 5.74) is 1.85. The summed E-state index contributed by atoms with van der Waals surface area (Å²) >= 11 is 5.93. The number of anilines is 1. The van der Waals surface area contributed by atoms with Gasteiger partial charge in [-0.1, -0.05) is 11.6 Å². The monoisotopic (exact) mass is 401 g/mol. The van der Waals surface area contributed by atoms with Gasteiger partial charge in [0.2, 0.25) is 5.91 Å². The summed E-state index contributed by atoms with van der Waals surface area (Å²) in [5, 5.41) is 14.1. The van der Waals surface area contributed by atoms with Crippen molar-refractivity contribution in [2.24, 2.45) is 0 Å². The SMILES string of the molecule is N#C[C@@H]1C[C@H](F)CN1C(=O)CN1CC[C@@H](Nc2ccc3nc(Cl)ccc3c2)C1. The number of fused-ring (bicyclic) bond motifs is 1. The van der Waals surface area contributed by atoms with Crippen LogP contribution in [0.1, 0.15) is 12.8 Å². The summed E-state index contributed by atoms with van der Waals surface area (Å²) in [4.78, 5) is 20.2. The second-order valence-electron chi connectivity index (χ2n) is 7.43. The highest BCUT2D eigenvalue weighted by Gasteiger charge is 2.36. The van der Waals surface area contributed by atoms with Gasteiger partial charge in [-0.05, 0) is 36.8 Å². The van der Waals surface area contributed by atoms with E-state index in [4.69, 9.17) is 16.9 Å². The third-order valence-electron chi connectivity index (χ3n) is 5.38. The molecule has 1 aromatic heterocycles.